The SMILES string of the molecule is COC1CCC2(CC1)Cc1ccc(OCC3CCCC3)cc1C21NC(=O)N(C)C1=O. The predicted octanol–water partition coefficient (Wildman–Crippen LogP) is 3.76. The number of fused-ring (bicyclic) bond motifs is 3. The van der Waals surface area contributed by atoms with Gasteiger partial charge in [0.1, 0.15) is 5.75 Å². The lowest BCUT2D eigenvalue weighted by atomic mass is 9.61. The third-order valence-corrected chi connectivity index (χ3v) is 8.22. The third kappa shape index (κ3) is 2.79. The van der Waals surface area contributed by atoms with E-state index in [0.29, 0.717) is 5.92 Å². The number of hydrogen-bond acceptors (Lipinski definition) is 4. The van der Waals surface area contributed by atoms with Crippen molar-refractivity contribution < 1.29 is 19.1 Å². The van der Waals surface area contributed by atoms with Crippen molar-refractivity contribution in [2.75, 3.05) is 20.8 Å². The van der Waals surface area contributed by atoms with Crippen LogP contribution in [0.25, 0.3) is 0 Å². The Labute approximate surface area is 178 Å². The highest BCUT2D eigenvalue weighted by molar-refractivity contribution is 6.08. The Balaban J connectivity index is 1.50. The molecule has 3 fully saturated rings. The molecule has 1 unspecified atom stereocenters. The van der Waals surface area contributed by atoms with Crippen molar-refractivity contribution in [3.05, 3.63) is 29.3 Å². The Morgan fingerprint density at radius 1 is 1.13 bits per heavy atom. The third-order valence-electron chi connectivity index (χ3n) is 8.22. The smallest absolute Gasteiger partial charge is 0.325 e. The monoisotopic (exact) mass is 412 g/mol. The van der Waals surface area contributed by atoms with Gasteiger partial charge in [0.15, 0.2) is 5.54 Å². The first kappa shape index (κ1) is 19.9. The van der Waals surface area contributed by atoms with Crippen molar-refractivity contribution in [3.63, 3.8) is 0 Å². The molecule has 1 aromatic carbocycles. The molecule has 2 spiro atoms. The zero-order chi connectivity index (χ0) is 20.9. The van der Waals surface area contributed by atoms with Crippen LogP contribution in [0.4, 0.5) is 4.79 Å². The Morgan fingerprint density at radius 3 is 2.50 bits per heavy atom. The molecule has 6 heteroatoms. The van der Waals surface area contributed by atoms with Crippen LogP contribution in [0.5, 0.6) is 5.75 Å². The quantitative estimate of drug-likeness (QED) is 0.765. The Bertz CT molecular complexity index is 855. The summed E-state index contributed by atoms with van der Waals surface area (Å²) in [6.07, 6.45) is 9.62. The number of methoxy groups -OCH3 is 1. The van der Waals surface area contributed by atoms with Crippen molar-refractivity contribution in [2.24, 2.45) is 11.3 Å². The van der Waals surface area contributed by atoms with Crippen molar-refractivity contribution in [1.29, 1.82) is 0 Å². The van der Waals surface area contributed by atoms with Crippen LogP contribution >= 0.6 is 0 Å². The lowest BCUT2D eigenvalue weighted by molar-refractivity contribution is -0.137. The number of imide groups is 1. The largest absolute Gasteiger partial charge is 0.493 e. The molecule has 0 aromatic heterocycles. The summed E-state index contributed by atoms with van der Waals surface area (Å²) in [5, 5.41) is 3.14. The molecule has 1 aromatic rings. The maximum absolute atomic E-state index is 13.6. The van der Waals surface area contributed by atoms with Crippen molar-refractivity contribution in [1.82, 2.24) is 10.2 Å². The second kappa shape index (κ2) is 7.26. The van der Waals surface area contributed by atoms with E-state index < -0.39 is 5.54 Å². The van der Waals surface area contributed by atoms with Gasteiger partial charge < -0.3 is 14.8 Å². The first-order chi connectivity index (χ1) is 14.5. The van der Waals surface area contributed by atoms with Gasteiger partial charge in [0.2, 0.25) is 0 Å². The van der Waals surface area contributed by atoms with E-state index >= 15 is 0 Å². The highest BCUT2D eigenvalue weighted by Crippen LogP contribution is 2.60. The molecule has 1 N–H and O–H groups in total. The summed E-state index contributed by atoms with van der Waals surface area (Å²) in [5.74, 6) is 1.30. The van der Waals surface area contributed by atoms with E-state index in [0.717, 1.165) is 55.6 Å². The van der Waals surface area contributed by atoms with Gasteiger partial charge in [0.25, 0.3) is 5.91 Å². The van der Waals surface area contributed by atoms with Crippen LogP contribution in [-0.4, -0.2) is 43.7 Å². The van der Waals surface area contributed by atoms with Gasteiger partial charge in [-0.25, -0.2) is 4.79 Å². The standard InChI is InChI=1S/C24H32N2O4/c1-26-21(27)24(25-22(26)28)20-13-19(30-15-16-5-3-4-6-16)8-7-17(20)14-23(24)11-9-18(29-2)10-12-23/h7-8,13,16,18H,3-6,9-12,14-15H2,1-2H3,(H,25,28). The van der Waals surface area contributed by atoms with Crippen molar-refractivity contribution in [2.45, 2.75) is 69.4 Å². The molecule has 3 amide bonds. The van der Waals surface area contributed by atoms with E-state index in [2.05, 4.69) is 11.4 Å². The molecule has 1 saturated heterocycles. The molecule has 0 bridgehead atoms. The average Bonchev–Trinajstić information content (AvgIpc) is 3.43. The van der Waals surface area contributed by atoms with Gasteiger partial charge in [-0.1, -0.05) is 18.9 Å². The number of carbonyl (C=O) groups is 2. The van der Waals surface area contributed by atoms with E-state index in [4.69, 9.17) is 9.47 Å². The molecular formula is C24H32N2O4. The van der Waals surface area contributed by atoms with Gasteiger partial charge in [-0.3, -0.25) is 9.69 Å². The molecule has 4 aliphatic rings. The maximum atomic E-state index is 13.6. The topological polar surface area (TPSA) is 67.9 Å². The summed E-state index contributed by atoms with van der Waals surface area (Å²) in [6.45, 7) is 0.729. The van der Waals surface area contributed by atoms with E-state index in [-0.39, 0.29) is 23.5 Å². The summed E-state index contributed by atoms with van der Waals surface area (Å²) in [5.41, 5.74) is 0.805. The van der Waals surface area contributed by atoms with Crippen LogP contribution in [0, 0.1) is 11.3 Å². The minimum absolute atomic E-state index is 0.130. The number of carbonyl (C=O) groups excluding carboxylic acids is 2. The molecule has 1 atom stereocenters. The Kier molecular flexibility index (Phi) is 4.80. The molecule has 3 aliphatic carbocycles. The molecule has 1 heterocycles. The van der Waals surface area contributed by atoms with E-state index in [1.54, 1.807) is 14.2 Å². The lowest BCUT2D eigenvalue weighted by Crippen LogP contribution is -2.56. The molecular weight excluding hydrogens is 380 g/mol. The summed E-state index contributed by atoms with van der Waals surface area (Å²) in [4.78, 5) is 27.5. The van der Waals surface area contributed by atoms with Crippen LogP contribution in [-0.2, 0) is 21.5 Å². The first-order valence-corrected chi connectivity index (χ1v) is 11.4. The number of hydrogen-bond donors (Lipinski definition) is 1. The molecule has 162 valence electrons. The van der Waals surface area contributed by atoms with E-state index in [1.807, 2.05) is 12.1 Å². The van der Waals surface area contributed by atoms with Crippen molar-refractivity contribution in [3.8, 4) is 5.75 Å². The number of urea groups is 1. The number of nitrogens with zero attached hydrogens (tertiary/aromatic N) is 1. The average molecular weight is 413 g/mol. The zero-order valence-electron chi connectivity index (χ0n) is 18.0. The zero-order valence-corrected chi connectivity index (χ0v) is 18.0. The fourth-order valence-electron chi connectivity index (χ4n) is 6.44. The van der Waals surface area contributed by atoms with E-state index in [1.165, 1.54) is 30.6 Å². The van der Waals surface area contributed by atoms with Crippen molar-refractivity contribution >= 4 is 11.9 Å². The van der Waals surface area contributed by atoms with Gasteiger partial charge in [0, 0.05) is 19.6 Å². The van der Waals surface area contributed by atoms with Crippen LogP contribution in [0.1, 0.15) is 62.5 Å². The molecule has 30 heavy (non-hydrogen) atoms. The molecule has 2 saturated carbocycles. The van der Waals surface area contributed by atoms with Crippen LogP contribution in [0.15, 0.2) is 18.2 Å². The number of ether oxygens (including phenoxy) is 2. The highest BCUT2D eigenvalue weighted by atomic mass is 16.5. The molecule has 1 aliphatic heterocycles. The summed E-state index contributed by atoms with van der Waals surface area (Å²) in [6, 6.07) is 5.86. The van der Waals surface area contributed by atoms with E-state index in [9.17, 15) is 9.59 Å². The normalized spacial score (nSPS) is 33.5. The number of amides is 3. The van der Waals surface area contributed by atoms with Gasteiger partial charge in [-0.15, -0.1) is 0 Å². The highest BCUT2D eigenvalue weighted by Gasteiger charge is 2.67. The Hall–Kier alpha value is -2.08. The predicted molar refractivity (Wildman–Crippen MR) is 112 cm³/mol. The first-order valence-electron chi connectivity index (χ1n) is 11.4. The fraction of sp³-hybridized carbons (Fsp3) is 0.667. The second-order valence-corrected chi connectivity index (χ2v) is 9.72. The van der Waals surface area contributed by atoms with Gasteiger partial charge in [-0.2, -0.15) is 0 Å². The van der Waals surface area contributed by atoms with Gasteiger partial charge in [0.05, 0.1) is 12.7 Å². The molecule has 5 rings (SSSR count). The van der Waals surface area contributed by atoms with Gasteiger partial charge >= 0.3 is 6.03 Å². The number of benzene rings is 1. The summed E-state index contributed by atoms with van der Waals surface area (Å²) < 4.78 is 11.7. The van der Waals surface area contributed by atoms with Gasteiger partial charge in [-0.05, 0) is 74.1 Å². The maximum Gasteiger partial charge on any atom is 0.325 e. The number of likely N-dealkylation sites (N-methyl/N-ethyl adjacent to an activating group) is 1. The second-order valence-electron chi connectivity index (χ2n) is 9.72. The number of rotatable bonds is 4. The minimum Gasteiger partial charge on any atom is -0.493 e. The lowest BCUT2D eigenvalue weighted by Gasteiger charge is -2.46. The molecule has 6 nitrogen and oxygen atoms in total. The van der Waals surface area contributed by atoms with Crippen LogP contribution in [0.2, 0.25) is 0 Å². The Morgan fingerprint density at radius 2 is 1.87 bits per heavy atom. The summed E-state index contributed by atoms with van der Waals surface area (Å²) >= 11 is 0. The number of nitrogens with one attached hydrogen (secondary N) is 1. The summed E-state index contributed by atoms with van der Waals surface area (Å²) in [7, 11) is 3.34. The van der Waals surface area contributed by atoms with Crippen LogP contribution in [0.3, 0.4) is 0 Å². The van der Waals surface area contributed by atoms with Crippen LogP contribution < -0.4 is 10.1 Å². The fourth-order valence-corrected chi connectivity index (χ4v) is 6.44. The molecule has 0 radical (unpaired) electrons. The minimum atomic E-state index is -0.987.